The molecular weight excluding hydrogens is 110 g/mol. The first-order chi connectivity index (χ1) is 4.30. The molecule has 1 nitrogen and oxygen atoms in total. The summed E-state index contributed by atoms with van der Waals surface area (Å²) in [6, 6.07) is 0. The van der Waals surface area contributed by atoms with Crippen molar-refractivity contribution in [3.8, 4) is 0 Å². The first-order valence-electron chi connectivity index (χ1n) is 3.44. The van der Waals surface area contributed by atoms with Gasteiger partial charge in [0.25, 0.3) is 0 Å². The van der Waals surface area contributed by atoms with Gasteiger partial charge in [0.05, 0.1) is 0 Å². The molecule has 0 radical (unpaired) electrons. The smallest absolute Gasteiger partial charge is 0.0270 e. The zero-order valence-corrected chi connectivity index (χ0v) is 5.69. The Morgan fingerprint density at radius 2 is 2.33 bits per heavy atom. The SMILES string of the molecule is C=C(N)C1=CCCCC1. The van der Waals surface area contributed by atoms with Gasteiger partial charge in [-0.3, -0.25) is 0 Å². The molecule has 0 atom stereocenters. The van der Waals surface area contributed by atoms with Crippen LogP contribution in [-0.2, 0) is 0 Å². The van der Waals surface area contributed by atoms with Gasteiger partial charge < -0.3 is 5.73 Å². The molecule has 0 spiro atoms. The Morgan fingerprint density at radius 1 is 1.56 bits per heavy atom. The predicted molar refractivity (Wildman–Crippen MR) is 39.9 cm³/mol. The lowest BCUT2D eigenvalue weighted by atomic mass is 9.98. The zero-order chi connectivity index (χ0) is 6.69. The Hall–Kier alpha value is -0.720. The van der Waals surface area contributed by atoms with Crippen molar-refractivity contribution in [2.45, 2.75) is 25.7 Å². The molecule has 1 aliphatic rings. The first kappa shape index (κ1) is 6.40. The highest BCUT2D eigenvalue weighted by atomic mass is 14.6. The summed E-state index contributed by atoms with van der Waals surface area (Å²) in [5.74, 6) is 0. The van der Waals surface area contributed by atoms with Gasteiger partial charge in [-0.2, -0.15) is 0 Å². The van der Waals surface area contributed by atoms with E-state index in [0.29, 0.717) is 0 Å². The lowest BCUT2D eigenvalue weighted by Crippen LogP contribution is -2.01. The fraction of sp³-hybridized carbons (Fsp3) is 0.500. The van der Waals surface area contributed by atoms with Crippen LogP contribution in [-0.4, -0.2) is 0 Å². The van der Waals surface area contributed by atoms with E-state index >= 15 is 0 Å². The molecule has 2 N–H and O–H groups in total. The van der Waals surface area contributed by atoms with Gasteiger partial charge in [-0.25, -0.2) is 0 Å². The average molecular weight is 123 g/mol. The summed E-state index contributed by atoms with van der Waals surface area (Å²) < 4.78 is 0. The van der Waals surface area contributed by atoms with Gasteiger partial charge in [0.2, 0.25) is 0 Å². The maximum atomic E-state index is 5.50. The standard InChI is InChI=1S/C8H13N/c1-7(9)8-5-3-2-4-6-8/h5H,1-4,6,9H2. The van der Waals surface area contributed by atoms with Crippen molar-refractivity contribution in [2.24, 2.45) is 5.73 Å². The van der Waals surface area contributed by atoms with Crippen LogP contribution < -0.4 is 5.73 Å². The molecule has 0 aliphatic heterocycles. The number of hydrogen-bond donors (Lipinski definition) is 1. The molecule has 0 bridgehead atoms. The van der Waals surface area contributed by atoms with Crippen LogP contribution in [0.15, 0.2) is 23.9 Å². The molecule has 0 aromatic heterocycles. The monoisotopic (exact) mass is 123 g/mol. The minimum atomic E-state index is 0.759. The van der Waals surface area contributed by atoms with E-state index in [1.54, 1.807) is 0 Å². The van der Waals surface area contributed by atoms with Crippen LogP contribution in [0.2, 0.25) is 0 Å². The van der Waals surface area contributed by atoms with Gasteiger partial charge in [0.15, 0.2) is 0 Å². The fourth-order valence-corrected chi connectivity index (χ4v) is 1.13. The Morgan fingerprint density at radius 3 is 2.67 bits per heavy atom. The molecule has 1 heteroatoms. The van der Waals surface area contributed by atoms with Gasteiger partial charge in [0, 0.05) is 5.70 Å². The minimum absolute atomic E-state index is 0.759. The van der Waals surface area contributed by atoms with Crippen molar-refractivity contribution in [3.05, 3.63) is 23.9 Å². The minimum Gasteiger partial charge on any atom is -0.399 e. The van der Waals surface area contributed by atoms with Crippen LogP contribution in [0.1, 0.15) is 25.7 Å². The summed E-state index contributed by atoms with van der Waals surface area (Å²) in [5.41, 5.74) is 7.53. The quantitative estimate of drug-likeness (QED) is 0.566. The van der Waals surface area contributed by atoms with Crippen molar-refractivity contribution in [1.82, 2.24) is 0 Å². The van der Waals surface area contributed by atoms with Crippen LogP contribution in [0.3, 0.4) is 0 Å². The third-order valence-corrected chi connectivity index (χ3v) is 1.70. The van der Waals surface area contributed by atoms with E-state index in [2.05, 4.69) is 12.7 Å². The topological polar surface area (TPSA) is 26.0 Å². The lowest BCUT2D eigenvalue weighted by Gasteiger charge is -2.10. The molecule has 0 unspecified atom stereocenters. The Balaban J connectivity index is 2.57. The maximum Gasteiger partial charge on any atom is 0.0270 e. The molecule has 0 heterocycles. The molecule has 9 heavy (non-hydrogen) atoms. The summed E-state index contributed by atoms with van der Waals surface area (Å²) in [6.45, 7) is 3.69. The Kier molecular flexibility index (Phi) is 1.93. The summed E-state index contributed by atoms with van der Waals surface area (Å²) in [6.07, 6.45) is 7.12. The molecule has 0 saturated heterocycles. The molecule has 0 aromatic rings. The molecule has 0 saturated carbocycles. The lowest BCUT2D eigenvalue weighted by molar-refractivity contribution is 0.705. The maximum absolute atomic E-state index is 5.50. The van der Waals surface area contributed by atoms with Crippen molar-refractivity contribution in [2.75, 3.05) is 0 Å². The summed E-state index contributed by atoms with van der Waals surface area (Å²) in [5, 5.41) is 0. The van der Waals surface area contributed by atoms with Gasteiger partial charge in [-0.15, -0.1) is 0 Å². The van der Waals surface area contributed by atoms with Crippen molar-refractivity contribution < 1.29 is 0 Å². The van der Waals surface area contributed by atoms with E-state index in [4.69, 9.17) is 5.73 Å². The first-order valence-corrected chi connectivity index (χ1v) is 3.44. The summed E-state index contributed by atoms with van der Waals surface area (Å²) in [7, 11) is 0. The largest absolute Gasteiger partial charge is 0.399 e. The number of rotatable bonds is 1. The number of allylic oxidation sites excluding steroid dienone is 2. The van der Waals surface area contributed by atoms with Crippen LogP contribution in [0.4, 0.5) is 0 Å². The average Bonchev–Trinajstić information content (AvgIpc) is 1.90. The van der Waals surface area contributed by atoms with E-state index in [9.17, 15) is 0 Å². The van der Waals surface area contributed by atoms with Crippen LogP contribution in [0.5, 0.6) is 0 Å². The summed E-state index contributed by atoms with van der Waals surface area (Å²) in [4.78, 5) is 0. The molecular formula is C8H13N. The van der Waals surface area contributed by atoms with Crippen molar-refractivity contribution in [3.63, 3.8) is 0 Å². The number of hydrogen-bond acceptors (Lipinski definition) is 1. The molecule has 0 aromatic carbocycles. The highest BCUT2D eigenvalue weighted by Gasteiger charge is 2.02. The molecule has 50 valence electrons. The molecule has 0 fully saturated rings. The van der Waals surface area contributed by atoms with Crippen LogP contribution in [0.25, 0.3) is 0 Å². The Bertz CT molecular complexity index is 145. The van der Waals surface area contributed by atoms with E-state index in [1.165, 1.54) is 24.8 Å². The van der Waals surface area contributed by atoms with E-state index in [1.807, 2.05) is 0 Å². The predicted octanol–water partition coefficient (Wildman–Crippen LogP) is 1.96. The van der Waals surface area contributed by atoms with E-state index < -0.39 is 0 Å². The third-order valence-electron chi connectivity index (χ3n) is 1.70. The van der Waals surface area contributed by atoms with Crippen molar-refractivity contribution in [1.29, 1.82) is 0 Å². The van der Waals surface area contributed by atoms with E-state index in [-0.39, 0.29) is 0 Å². The number of nitrogens with two attached hydrogens (primary N) is 1. The van der Waals surface area contributed by atoms with E-state index in [0.717, 1.165) is 12.1 Å². The fourth-order valence-electron chi connectivity index (χ4n) is 1.13. The molecule has 0 amide bonds. The third kappa shape index (κ3) is 1.60. The second kappa shape index (κ2) is 2.72. The van der Waals surface area contributed by atoms with Gasteiger partial charge in [-0.1, -0.05) is 12.7 Å². The van der Waals surface area contributed by atoms with Gasteiger partial charge in [0.1, 0.15) is 0 Å². The van der Waals surface area contributed by atoms with Crippen LogP contribution in [0, 0.1) is 0 Å². The molecule has 1 rings (SSSR count). The normalized spacial score (nSPS) is 18.9. The highest BCUT2D eigenvalue weighted by Crippen LogP contribution is 2.19. The summed E-state index contributed by atoms with van der Waals surface area (Å²) >= 11 is 0. The molecule has 1 aliphatic carbocycles. The van der Waals surface area contributed by atoms with Gasteiger partial charge >= 0.3 is 0 Å². The zero-order valence-electron chi connectivity index (χ0n) is 5.69. The second-order valence-electron chi connectivity index (χ2n) is 2.50. The highest BCUT2D eigenvalue weighted by molar-refractivity contribution is 5.26. The Labute approximate surface area is 56.2 Å². The van der Waals surface area contributed by atoms with Gasteiger partial charge in [-0.05, 0) is 31.3 Å². The van der Waals surface area contributed by atoms with Crippen LogP contribution >= 0.6 is 0 Å². The van der Waals surface area contributed by atoms with Crippen molar-refractivity contribution >= 4 is 0 Å². The second-order valence-corrected chi connectivity index (χ2v) is 2.50.